The van der Waals surface area contributed by atoms with E-state index in [1.54, 1.807) is 11.0 Å². The first-order valence-electron chi connectivity index (χ1n) is 19.3. The van der Waals surface area contributed by atoms with Gasteiger partial charge in [0.05, 0.1) is 0 Å². The number of rotatable bonds is 7. The third-order valence-electron chi connectivity index (χ3n) is 12.5. The second-order valence-corrected chi connectivity index (χ2v) is 16.1. The number of nitrogens with zero attached hydrogens (tertiary/aromatic N) is 4. The van der Waals surface area contributed by atoms with Crippen molar-refractivity contribution in [3.05, 3.63) is 88.5 Å². The van der Waals surface area contributed by atoms with E-state index in [-0.39, 0.29) is 59.6 Å². The second-order valence-electron chi connectivity index (χ2n) is 16.1. The standard InChI is InChI=1S/C42H49F2N5O4/c1-26(2)35-23-42(43,44)36-22-32(50)8-10-34(36)39(35)28-3-5-30(6-4-28)47-15-13-27(14-16-47)24-46-17-19-48(20-18-46)31-7-9-33-29(21-31)25-49(41(33)53)37-11-12-38(51)45-40(37)52/h3-10,21-22,26-27,35,37,39,50H,11-20,23-25H2,1-2H3,(H,45,51,52)/t35-,37-,39-/m0/s1. The number of anilines is 2. The zero-order chi connectivity index (χ0) is 37.0. The minimum absolute atomic E-state index is 0.0482. The Hall–Kier alpha value is -4.51. The lowest BCUT2D eigenvalue weighted by Crippen LogP contribution is -2.52. The Morgan fingerprint density at radius 3 is 2.25 bits per heavy atom. The zero-order valence-corrected chi connectivity index (χ0v) is 30.6. The van der Waals surface area contributed by atoms with Crippen LogP contribution in [0.25, 0.3) is 0 Å². The molecule has 0 spiro atoms. The first-order valence-corrected chi connectivity index (χ1v) is 19.3. The fourth-order valence-electron chi connectivity index (χ4n) is 9.51. The van der Waals surface area contributed by atoms with Crippen LogP contribution in [0.1, 0.15) is 84.5 Å². The summed E-state index contributed by atoms with van der Waals surface area (Å²) in [6.45, 7) is 11.3. The van der Waals surface area contributed by atoms with Crippen molar-refractivity contribution in [2.45, 2.75) is 70.4 Å². The van der Waals surface area contributed by atoms with Crippen molar-refractivity contribution >= 4 is 29.1 Å². The van der Waals surface area contributed by atoms with Crippen molar-refractivity contribution < 1.29 is 28.3 Å². The number of hydrogen-bond acceptors (Lipinski definition) is 7. The highest BCUT2D eigenvalue weighted by molar-refractivity contribution is 6.05. The third-order valence-corrected chi connectivity index (χ3v) is 12.5. The highest BCUT2D eigenvalue weighted by Crippen LogP contribution is 2.53. The minimum atomic E-state index is -2.96. The summed E-state index contributed by atoms with van der Waals surface area (Å²) in [4.78, 5) is 46.2. The highest BCUT2D eigenvalue weighted by Gasteiger charge is 2.47. The fourth-order valence-corrected chi connectivity index (χ4v) is 9.51. The van der Waals surface area contributed by atoms with Crippen LogP contribution in [0.4, 0.5) is 20.2 Å². The molecule has 280 valence electrons. The number of carbonyl (C=O) groups excluding carboxylic acids is 3. The molecule has 3 aromatic carbocycles. The molecule has 0 unspecified atom stereocenters. The Morgan fingerprint density at radius 2 is 1.55 bits per heavy atom. The highest BCUT2D eigenvalue weighted by atomic mass is 19.3. The third kappa shape index (κ3) is 6.88. The first-order chi connectivity index (χ1) is 25.4. The average Bonchev–Trinajstić information content (AvgIpc) is 3.47. The van der Waals surface area contributed by atoms with Gasteiger partial charge in [-0.15, -0.1) is 0 Å². The molecule has 8 rings (SSSR count). The first kappa shape index (κ1) is 35.5. The quantitative estimate of drug-likeness (QED) is 0.285. The molecule has 4 aliphatic heterocycles. The molecule has 0 radical (unpaired) electrons. The molecule has 11 heteroatoms. The van der Waals surface area contributed by atoms with Crippen LogP contribution in [-0.2, 0) is 22.1 Å². The zero-order valence-electron chi connectivity index (χ0n) is 30.6. The number of alkyl halides is 2. The molecule has 9 nitrogen and oxygen atoms in total. The molecule has 5 aliphatic rings. The van der Waals surface area contributed by atoms with E-state index in [0.717, 1.165) is 75.5 Å². The van der Waals surface area contributed by atoms with Gasteiger partial charge >= 0.3 is 0 Å². The molecule has 3 amide bonds. The molecule has 3 aromatic rings. The number of carbonyl (C=O) groups is 3. The predicted octanol–water partition coefficient (Wildman–Crippen LogP) is 6.09. The summed E-state index contributed by atoms with van der Waals surface area (Å²) < 4.78 is 30.5. The molecule has 3 fully saturated rings. The molecule has 0 saturated carbocycles. The predicted molar refractivity (Wildman–Crippen MR) is 199 cm³/mol. The summed E-state index contributed by atoms with van der Waals surface area (Å²) in [5.74, 6) is -3.54. The van der Waals surface area contributed by atoms with Crippen molar-refractivity contribution in [3.63, 3.8) is 0 Å². The fraction of sp³-hybridized carbons (Fsp3) is 0.500. The molecule has 53 heavy (non-hydrogen) atoms. The molecular formula is C42H49F2N5O4. The summed E-state index contributed by atoms with van der Waals surface area (Å²) in [5.41, 5.74) is 5.47. The van der Waals surface area contributed by atoms with Crippen molar-refractivity contribution in [3.8, 4) is 5.75 Å². The Morgan fingerprint density at radius 1 is 0.849 bits per heavy atom. The van der Waals surface area contributed by atoms with Gasteiger partial charge < -0.3 is 19.8 Å². The van der Waals surface area contributed by atoms with E-state index in [1.807, 2.05) is 26.0 Å². The van der Waals surface area contributed by atoms with E-state index < -0.39 is 12.0 Å². The van der Waals surface area contributed by atoms with Crippen LogP contribution < -0.4 is 15.1 Å². The molecule has 1 aliphatic carbocycles. The van der Waals surface area contributed by atoms with Gasteiger partial charge in [-0.25, -0.2) is 8.78 Å². The topological polar surface area (TPSA) is 96.4 Å². The molecular weight excluding hydrogens is 676 g/mol. The van der Waals surface area contributed by atoms with Gasteiger partial charge in [0.25, 0.3) is 11.8 Å². The lowest BCUT2D eigenvalue weighted by atomic mass is 9.66. The van der Waals surface area contributed by atoms with Gasteiger partial charge in [-0.2, -0.15) is 0 Å². The van der Waals surface area contributed by atoms with Crippen LogP contribution in [0.15, 0.2) is 60.7 Å². The molecule has 3 saturated heterocycles. The Bertz CT molecular complexity index is 1880. The largest absolute Gasteiger partial charge is 0.508 e. The van der Waals surface area contributed by atoms with Crippen molar-refractivity contribution in [1.29, 1.82) is 0 Å². The molecule has 0 aromatic heterocycles. The van der Waals surface area contributed by atoms with E-state index >= 15 is 8.78 Å². The maximum absolute atomic E-state index is 15.2. The number of hydrogen-bond donors (Lipinski definition) is 2. The van der Waals surface area contributed by atoms with Crippen molar-refractivity contribution in [2.24, 2.45) is 17.8 Å². The van der Waals surface area contributed by atoms with Crippen molar-refractivity contribution in [2.75, 3.05) is 55.6 Å². The van der Waals surface area contributed by atoms with Crippen LogP contribution in [0, 0.1) is 17.8 Å². The summed E-state index contributed by atoms with van der Waals surface area (Å²) >= 11 is 0. The van der Waals surface area contributed by atoms with Crippen LogP contribution in [0.3, 0.4) is 0 Å². The summed E-state index contributed by atoms with van der Waals surface area (Å²) in [6, 6.07) is 18.4. The lowest BCUT2D eigenvalue weighted by molar-refractivity contribution is -0.136. The van der Waals surface area contributed by atoms with Crippen LogP contribution in [-0.4, -0.2) is 84.5 Å². The number of piperidine rings is 2. The Labute approximate surface area is 309 Å². The number of piperazine rings is 1. The number of fused-ring (bicyclic) bond motifs is 2. The van der Waals surface area contributed by atoms with Gasteiger partial charge in [0, 0.05) is 93.6 Å². The van der Waals surface area contributed by atoms with E-state index in [2.05, 4.69) is 50.3 Å². The number of aromatic hydroxyl groups is 1. The summed E-state index contributed by atoms with van der Waals surface area (Å²) in [6.07, 6.45) is 2.63. The number of phenolic OH excluding ortho intramolecular Hbond substituents is 1. The maximum Gasteiger partial charge on any atom is 0.274 e. The van der Waals surface area contributed by atoms with Gasteiger partial charge in [0.1, 0.15) is 11.8 Å². The van der Waals surface area contributed by atoms with Crippen LogP contribution in [0.2, 0.25) is 0 Å². The lowest BCUT2D eigenvalue weighted by Gasteiger charge is -2.41. The van der Waals surface area contributed by atoms with E-state index in [9.17, 15) is 19.5 Å². The number of amides is 3. The van der Waals surface area contributed by atoms with E-state index in [1.165, 1.54) is 17.8 Å². The van der Waals surface area contributed by atoms with Crippen LogP contribution in [0.5, 0.6) is 5.75 Å². The molecule has 4 heterocycles. The normalized spacial score (nSPS) is 25.1. The number of halogens is 2. The maximum atomic E-state index is 15.2. The number of nitrogens with one attached hydrogen (secondary N) is 1. The Balaban J connectivity index is 0.836. The molecule has 3 atom stereocenters. The monoisotopic (exact) mass is 725 g/mol. The molecule has 2 N–H and O–H groups in total. The van der Waals surface area contributed by atoms with Gasteiger partial charge in [-0.05, 0) is 96.2 Å². The van der Waals surface area contributed by atoms with Gasteiger partial charge in [-0.1, -0.05) is 32.0 Å². The van der Waals surface area contributed by atoms with Crippen molar-refractivity contribution in [1.82, 2.24) is 15.1 Å². The van der Waals surface area contributed by atoms with E-state index in [0.29, 0.717) is 30.0 Å². The number of imide groups is 1. The Kier molecular flexibility index (Phi) is 9.41. The molecule has 0 bridgehead atoms. The van der Waals surface area contributed by atoms with E-state index in [4.69, 9.17) is 0 Å². The smallest absolute Gasteiger partial charge is 0.274 e. The summed E-state index contributed by atoms with van der Waals surface area (Å²) in [5, 5.41) is 12.4. The van der Waals surface area contributed by atoms with Gasteiger partial charge in [0.15, 0.2) is 0 Å². The number of phenols is 1. The SMILES string of the molecule is CC(C)[C@@H]1CC(F)(F)c2cc(O)ccc2[C@@H]1c1ccc(N2CCC(CN3CCN(c4ccc5c(c4)CN([C@H]4CCC(=O)NC4=O)C5=O)CC3)CC2)cc1. The van der Waals surface area contributed by atoms with Gasteiger partial charge in [-0.3, -0.25) is 24.6 Å². The second kappa shape index (κ2) is 14.0. The number of benzene rings is 3. The van der Waals surface area contributed by atoms with Gasteiger partial charge in [0.2, 0.25) is 11.8 Å². The summed E-state index contributed by atoms with van der Waals surface area (Å²) in [7, 11) is 0. The minimum Gasteiger partial charge on any atom is -0.508 e. The average molecular weight is 726 g/mol. The van der Waals surface area contributed by atoms with Crippen LogP contribution >= 0.6 is 0 Å².